The SMILES string of the molecule is COC(=O)CCN1CC(OCc2cccc(OC)c2)CN(C(=O)c2ccc3c(c2)OCO3)CC1=O. The number of carbonyl (C=O) groups excluding carboxylic acids is 3. The second-order valence-corrected chi connectivity index (χ2v) is 8.20. The van der Waals surface area contributed by atoms with Gasteiger partial charge in [-0.25, -0.2) is 0 Å². The first-order valence-electron chi connectivity index (χ1n) is 11.2. The molecule has 0 saturated carbocycles. The van der Waals surface area contributed by atoms with Crippen LogP contribution >= 0.6 is 0 Å². The van der Waals surface area contributed by atoms with Gasteiger partial charge in [0.2, 0.25) is 12.7 Å². The summed E-state index contributed by atoms with van der Waals surface area (Å²) in [6.07, 6.45) is -0.413. The highest BCUT2D eigenvalue weighted by atomic mass is 16.7. The van der Waals surface area contributed by atoms with Gasteiger partial charge in [-0.3, -0.25) is 14.4 Å². The van der Waals surface area contributed by atoms with Gasteiger partial charge in [0.1, 0.15) is 12.3 Å². The number of hydrogen-bond acceptors (Lipinski definition) is 8. The summed E-state index contributed by atoms with van der Waals surface area (Å²) in [5.74, 6) is 0.770. The number of rotatable bonds is 8. The highest BCUT2D eigenvalue weighted by Gasteiger charge is 2.32. The average molecular weight is 485 g/mol. The van der Waals surface area contributed by atoms with Crippen molar-refractivity contribution in [3.05, 3.63) is 53.6 Å². The van der Waals surface area contributed by atoms with Crippen molar-refractivity contribution in [2.45, 2.75) is 19.1 Å². The molecule has 0 radical (unpaired) electrons. The van der Waals surface area contributed by atoms with Crippen molar-refractivity contribution in [2.24, 2.45) is 0 Å². The van der Waals surface area contributed by atoms with Crippen LogP contribution in [-0.2, 0) is 25.7 Å². The maximum atomic E-state index is 13.3. The summed E-state index contributed by atoms with van der Waals surface area (Å²) in [6.45, 7) is 0.865. The van der Waals surface area contributed by atoms with Crippen LogP contribution in [0, 0.1) is 0 Å². The Hall–Kier alpha value is -3.79. The summed E-state index contributed by atoms with van der Waals surface area (Å²) in [5, 5.41) is 0. The molecule has 0 aliphatic carbocycles. The minimum absolute atomic E-state index is 0.0565. The second kappa shape index (κ2) is 11.1. The van der Waals surface area contributed by atoms with Gasteiger partial charge in [-0.1, -0.05) is 12.1 Å². The number of esters is 1. The van der Waals surface area contributed by atoms with Crippen LogP contribution in [0.4, 0.5) is 0 Å². The number of amides is 2. The van der Waals surface area contributed by atoms with Crippen LogP contribution in [0.5, 0.6) is 17.2 Å². The van der Waals surface area contributed by atoms with Gasteiger partial charge < -0.3 is 33.5 Å². The molecular weight excluding hydrogens is 456 g/mol. The van der Waals surface area contributed by atoms with Crippen molar-refractivity contribution in [2.75, 3.05) is 47.2 Å². The zero-order chi connectivity index (χ0) is 24.8. The largest absolute Gasteiger partial charge is 0.497 e. The fraction of sp³-hybridized carbons (Fsp3) is 0.400. The third kappa shape index (κ3) is 6.02. The lowest BCUT2D eigenvalue weighted by molar-refractivity contribution is -0.142. The Morgan fingerprint density at radius 3 is 2.69 bits per heavy atom. The van der Waals surface area contributed by atoms with Gasteiger partial charge in [0.05, 0.1) is 33.4 Å². The van der Waals surface area contributed by atoms with E-state index in [0.29, 0.717) is 22.8 Å². The van der Waals surface area contributed by atoms with Crippen LogP contribution < -0.4 is 14.2 Å². The molecule has 10 nitrogen and oxygen atoms in total. The van der Waals surface area contributed by atoms with E-state index in [9.17, 15) is 14.4 Å². The quantitative estimate of drug-likeness (QED) is 0.523. The summed E-state index contributed by atoms with van der Waals surface area (Å²) in [6, 6.07) is 12.4. The molecule has 2 amide bonds. The van der Waals surface area contributed by atoms with Crippen molar-refractivity contribution >= 4 is 17.8 Å². The van der Waals surface area contributed by atoms with Gasteiger partial charge in [0, 0.05) is 25.2 Å². The van der Waals surface area contributed by atoms with E-state index in [1.165, 1.54) is 12.0 Å². The molecule has 1 fully saturated rings. The van der Waals surface area contributed by atoms with Crippen LogP contribution in [0.1, 0.15) is 22.3 Å². The van der Waals surface area contributed by atoms with Crippen molar-refractivity contribution < 1.29 is 38.1 Å². The molecule has 10 heteroatoms. The maximum absolute atomic E-state index is 13.3. The molecule has 0 N–H and O–H groups in total. The fourth-order valence-corrected chi connectivity index (χ4v) is 3.97. The van der Waals surface area contributed by atoms with Crippen LogP contribution in [0.15, 0.2) is 42.5 Å². The summed E-state index contributed by atoms with van der Waals surface area (Å²) >= 11 is 0. The zero-order valence-corrected chi connectivity index (χ0v) is 19.7. The lowest BCUT2D eigenvalue weighted by Crippen LogP contribution is -2.40. The molecule has 1 saturated heterocycles. The average Bonchev–Trinajstić information content (AvgIpc) is 3.29. The Balaban J connectivity index is 1.51. The Morgan fingerprint density at radius 2 is 1.89 bits per heavy atom. The molecule has 2 heterocycles. The van der Waals surface area contributed by atoms with Crippen molar-refractivity contribution in [1.29, 1.82) is 0 Å². The topological polar surface area (TPSA) is 104 Å². The van der Waals surface area contributed by atoms with E-state index in [0.717, 1.165) is 5.56 Å². The number of methoxy groups -OCH3 is 2. The predicted molar refractivity (Wildman–Crippen MR) is 123 cm³/mol. The monoisotopic (exact) mass is 484 g/mol. The van der Waals surface area contributed by atoms with Crippen LogP contribution in [0.2, 0.25) is 0 Å². The van der Waals surface area contributed by atoms with Crippen molar-refractivity contribution in [3.8, 4) is 17.2 Å². The summed E-state index contributed by atoms with van der Waals surface area (Å²) < 4.78 is 26.8. The predicted octanol–water partition coefficient (Wildman–Crippen LogP) is 1.86. The van der Waals surface area contributed by atoms with Gasteiger partial charge in [-0.05, 0) is 35.9 Å². The lowest BCUT2D eigenvalue weighted by atomic mass is 10.1. The van der Waals surface area contributed by atoms with E-state index in [2.05, 4.69) is 0 Å². The number of hydrogen-bond donors (Lipinski definition) is 0. The van der Waals surface area contributed by atoms with Gasteiger partial charge >= 0.3 is 5.97 Å². The number of carbonyl (C=O) groups is 3. The number of ether oxygens (including phenoxy) is 5. The van der Waals surface area contributed by atoms with Gasteiger partial charge in [0.25, 0.3) is 5.91 Å². The molecule has 186 valence electrons. The highest BCUT2D eigenvalue weighted by molar-refractivity contribution is 5.97. The van der Waals surface area contributed by atoms with Crippen LogP contribution in [0.3, 0.4) is 0 Å². The number of fused-ring (bicyclic) bond motifs is 1. The zero-order valence-electron chi connectivity index (χ0n) is 19.7. The smallest absolute Gasteiger partial charge is 0.307 e. The lowest BCUT2D eigenvalue weighted by Gasteiger charge is -2.25. The molecule has 1 atom stereocenters. The standard InChI is InChI=1S/C25H28N2O8/c1-31-19-5-3-4-17(10-19)15-33-20-12-26(9-8-24(29)32-2)23(28)14-27(13-20)25(30)18-6-7-21-22(11-18)35-16-34-21/h3-7,10-11,20H,8-9,12-16H2,1-2H3. The van der Waals surface area contributed by atoms with E-state index in [1.807, 2.05) is 24.3 Å². The van der Waals surface area contributed by atoms with Crippen molar-refractivity contribution in [3.63, 3.8) is 0 Å². The normalized spacial score (nSPS) is 17.2. The molecule has 0 spiro atoms. The minimum Gasteiger partial charge on any atom is -0.497 e. The molecular formula is C25H28N2O8. The van der Waals surface area contributed by atoms with E-state index in [1.54, 1.807) is 30.2 Å². The molecule has 2 aliphatic heterocycles. The maximum Gasteiger partial charge on any atom is 0.307 e. The fourth-order valence-electron chi connectivity index (χ4n) is 3.97. The molecule has 35 heavy (non-hydrogen) atoms. The van der Waals surface area contributed by atoms with E-state index in [-0.39, 0.29) is 57.8 Å². The number of nitrogens with zero attached hydrogens (tertiary/aromatic N) is 2. The van der Waals surface area contributed by atoms with E-state index in [4.69, 9.17) is 23.7 Å². The molecule has 2 aromatic rings. The van der Waals surface area contributed by atoms with E-state index >= 15 is 0 Å². The highest BCUT2D eigenvalue weighted by Crippen LogP contribution is 2.33. The third-order valence-electron chi connectivity index (χ3n) is 5.87. The second-order valence-electron chi connectivity index (χ2n) is 8.20. The molecule has 4 rings (SSSR count). The first-order valence-corrected chi connectivity index (χ1v) is 11.2. The molecule has 0 bridgehead atoms. The number of benzene rings is 2. The molecule has 2 aromatic carbocycles. The Kier molecular flexibility index (Phi) is 7.71. The summed E-state index contributed by atoms with van der Waals surface area (Å²) in [4.78, 5) is 41.0. The van der Waals surface area contributed by atoms with Crippen LogP contribution in [0.25, 0.3) is 0 Å². The third-order valence-corrected chi connectivity index (χ3v) is 5.87. The Bertz CT molecular complexity index is 1090. The van der Waals surface area contributed by atoms with Gasteiger partial charge in [-0.2, -0.15) is 0 Å². The van der Waals surface area contributed by atoms with Crippen molar-refractivity contribution in [1.82, 2.24) is 9.80 Å². The van der Waals surface area contributed by atoms with E-state index < -0.39 is 12.1 Å². The van der Waals surface area contributed by atoms with Gasteiger partial charge in [0.15, 0.2) is 11.5 Å². The summed E-state index contributed by atoms with van der Waals surface area (Å²) in [7, 11) is 2.90. The summed E-state index contributed by atoms with van der Waals surface area (Å²) in [5.41, 5.74) is 1.28. The first kappa shape index (κ1) is 24.3. The Labute approximate surface area is 203 Å². The Morgan fingerprint density at radius 1 is 1.06 bits per heavy atom. The first-order chi connectivity index (χ1) is 17.0. The van der Waals surface area contributed by atoms with Crippen LogP contribution in [-0.4, -0.2) is 80.9 Å². The molecule has 2 aliphatic rings. The van der Waals surface area contributed by atoms with Gasteiger partial charge in [-0.15, -0.1) is 0 Å². The molecule has 1 unspecified atom stereocenters. The molecule has 0 aromatic heterocycles. The minimum atomic E-state index is -0.469.